The Bertz CT molecular complexity index is 927. The molecule has 162 valence electrons. The Kier molecular flexibility index (Phi) is 8.45. The zero-order valence-electron chi connectivity index (χ0n) is 16.4. The molecule has 0 saturated carbocycles. The molecule has 0 saturated heterocycles. The van der Waals surface area contributed by atoms with Crippen molar-refractivity contribution in [3.05, 3.63) is 62.3 Å². The highest BCUT2D eigenvalue weighted by molar-refractivity contribution is 7.18. The van der Waals surface area contributed by atoms with Crippen LogP contribution in [-0.4, -0.2) is 38.8 Å². The fourth-order valence-corrected chi connectivity index (χ4v) is 4.18. The Labute approximate surface area is 181 Å². The van der Waals surface area contributed by atoms with Crippen molar-refractivity contribution in [2.75, 3.05) is 20.6 Å². The van der Waals surface area contributed by atoms with Gasteiger partial charge in [0.25, 0.3) is 5.91 Å². The zero-order chi connectivity index (χ0) is 22.3. The maximum atomic E-state index is 13.3. The summed E-state index contributed by atoms with van der Waals surface area (Å²) in [6.07, 6.45) is -1.84. The van der Waals surface area contributed by atoms with Gasteiger partial charge in [0.15, 0.2) is 0 Å². The highest BCUT2D eigenvalue weighted by Gasteiger charge is 2.33. The molecule has 1 aromatic heterocycles. The van der Waals surface area contributed by atoms with E-state index in [4.69, 9.17) is 17.0 Å². The summed E-state index contributed by atoms with van der Waals surface area (Å²) in [4.78, 5) is 13.1. The van der Waals surface area contributed by atoms with Crippen molar-refractivity contribution >= 4 is 40.8 Å². The van der Waals surface area contributed by atoms with Gasteiger partial charge < -0.3 is 21.4 Å². The van der Waals surface area contributed by atoms with Crippen LogP contribution in [0.3, 0.4) is 0 Å². The van der Waals surface area contributed by atoms with Gasteiger partial charge in [-0.1, -0.05) is 29.8 Å². The lowest BCUT2D eigenvalue weighted by atomic mass is 9.99. The van der Waals surface area contributed by atoms with Crippen LogP contribution >= 0.6 is 22.9 Å². The summed E-state index contributed by atoms with van der Waals surface area (Å²) in [6.45, 7) is 0.291. The van der Waals surface area contributed by atoms with Crippen molar-refractivity contribution in [1.82, 2.24) is 16.0 Å². The van der Waals surface area contributed by atoms with Gasteiger partial charge in [0, 0.05) is 37.1 Å². The minimum absolute atomic E-state index is 0.0176. The average Bonchev–Trinajstić information content (AvgIpc) is 3.07. The Morgan fingerprint density at radius 1 is 1.30 bits per heavy atom. The van der Waals surface area contributed by atoms with Gasteiger partial charge in [0.2, 0.25) is 0 Å². The number of hydrogen-bond donors (Lipinski definition) is 4. The highest BCUT2D eigenvalue weighted by Crippen LogP contribution is 2.33. The number of rotatable bonds is 9. The summed E-state index contributed by atoms with van der Waals surface area (Å²) in [6, 6.07) is 6.37. The zero-order valence-corrected chi connectivity index (χ0v) is 17.9. The van der Waals surface area contributed by atoms with E-state index in [1.807, 2.05) is 0 Å². The van der Waals surface area contributed by atoms with Gasteiger partial charge in [0.1, 0.15) is 4.34 Å². The van der Waals surface area contributed by atoms with Gasteiger partial charge in [0.05, 0.1) is 10.4 Å². The van der Waals surface area contributed by atoms with Crippen LogP contribution in [0.1, 0.15) is 26.4 Å². The predicted molar refractivity (Wildman–Crippen MR) is 115 cm³/mol. The Balaban J connectivity index is 2.23. The van der Waals surface area contributed by atoms with Crippen LogP contribution in [0.5, 0.6) is 0 Å². The minimum atomic E-state index is -4.47. The number of thiophene rings is 1. The van der Waals surface area contributed by atoms with Gasteiger partial charge in [-0.25, -0.2) is 0 Å². The third kappa shape index (κ3) is 6.07. The molecule has 30 heavy (non-hydrogen) atoms. The number of carbonyl (C=O) groups excluding carboxylic acids is 1. The number of nitrogens with one attached hydrogen (secondary N) is 4. The van der Waals surface area contributed by atoms with Crippen molar-refractivity contribution in [3.63, 3.8) is 0 Å². The SMILES string of the molecule is CNC[C@H](Cc1ccccc1C(F)(F)F)NC(=O)c1cc(/C(=C/C=N)NC)c(Cl)s1. The third-order valence-electron chi connectivity index (χ3n) is 4.29. The molecule has 0 fully saturated rings. The van der Waals surface area contributed by atoms with Crippen molar-refractivity contribution < 1.29 is 18.0 Å². The lowest BCUT2D eigenvalue weighted by molar-refractivity contribution is -0.138. The fraction of sp³-hybridized carbons (Fsp3) is 0.300. The molecule has 2 rings (SSSR count). The highest BCUT2D eigenvalue weighted by atomic mass is 35.5. The first kappa shape index (κ1) is 23.9. The average molecular weight is 459 g/mol. The summed E-state index contributed by atoms with van der Waals surface area (Å²) < 4.78 is 40.2. The largest absolute Gasteiger partial charge is 0.416 e. The van der Waals surface area contributed by atoms with Gasteiger partial charge in [-0.3, -0.25) is 4.79 Å². The number of allylic oxidation sites excluding steroid dienone is 1. The van der Waals surface area contributed by atoms with Crippen molar-refractivity contribution in [2.45, 2.75) is 18.6 Å². The first-order chi connectivity index (χ1) is 14.2. The van der Waals surface area contributed by atoms with Crippen LogP contribution in [-0.2, 0) is 12.6 Å². The maximum Gasteiger partial charge on any atom is 0.416 e. The molecule has 0 radical (unpaired) electrons. The molecule has 1 heterocycles. The van der Waals surface area contributed by atoms with E-state index in [-0.39, 0.29) is 12.0 Å². The molecule has 5 nitrogen and oxygen atoms in total. The van der Waals surface area contributed by atoms with Gasteiger partial charge in [-0.05, 0) is 37.2 Å². The molecule has 0 spiro atoms. The maximum absolute atomic E-state index is 13.3. The van der Waals surface area contributed by atoms with Crippen LogP contribution in [0.25, 0.3) is 5.70 Å². The number of alkyl halides is 3. The fourth-order valence-electron chi connectivity index (χ4n) is 2.97. The molecule has 4 N–H and O–H groups in total. The third-order valence-corrected chi connectivity index (χ3v) is 5.65. The number of carbonyl (C=O) groups is 1. The van der Waals surface area contributed by atoms with E-state index in [1.165, 1.54) is 18.2 Å². The summed E-state index contributed by atoms with van der Waals surface area (Å²) >= 11 is 7.30. The Morgan fingerprint density at radius 2 is 2.00 bits per heavy atom. The van der Waals surface area contributed by atoms with Gasteiger partial charge >= 0.3 is 6.18 Å². The smallest absolute Gasteiger partial charge is 0.388 e. The molecule has 10 heteroatoms. The number of likely N-dealkylation sites (N-methyl/N-ethyl adjacent to an activating group) is 1. The number of amides is 1. The summed E-state index contributed by atoms with van der Waals surface area (Å²) in [5, 5.41) is 15.8. The van der Waals surface area contributed by atoms with Gasteiger partial charge in [-0.15, -0.1) is 11.3 Å². The van der Waals surface area contributed by atoms with Crippen LogP contribution in [0.4, 0.5) is 13.2 Å². The van der Waals surface area contributed by atoms with Crippen LogP contribution in [0.15, 0.2) is 36.4 Å². The lowest BCUT2D eigenvalue weighted by Gasteiger charge is -2.20. The van der Waals surface area contributed by atoms with E-state index in [2.05, 4.69) is 16.0 Å². The first-order valence-corrected chi connectivity index (χ1v) is 10.2. The number of hydrogen-bond acceptors (Lipinski definition) is 5. The van der Waals surface area contributed by atoms with Crippen LogP contribution < -0.4 is 16.0 Å². The van der Waals surface area contributed by atoms with Crippen LogP contribution in [0, 0.1) is 5.41 Å². The first-order valence-electron chi connectivity index (χ1n) is 9.00. The number of halogens is 4. The second-order valence-electron chi connectivity index (χ2n) is 6.38. The quantitative estimate of drug-likeness (QED) is 0.425. The van der Waals surface area contributed by atoms with Gasteiger partial charge in [-0.2, -0.15) is 13.2 Å². The van der Waals surface area contributed by atoms with Crippen molar-refractivity contribution in [1.29, 1.82) is 5.41 Å². The van der Waals surface area contributed by atoms with Crippen molar-refractivity contribution in [2.24, 2.45) is 0 Å². The van der Waals surface area contributed by atoms with E-state index in [0.29, 0.717) is 27.0 Å². The van der Waals surface area contributed by atoms with E-state index < -0.39 is 23.7 Å². The molecule has 0 aliphatic rings. The molecule has 0 unspecified atom stereocenters. The monoisotopic (exact) mass is 458 g/mol. The Hall–Kier alpha value is -2.36. The summed E-state index contributed by atoms with van der Waals surface area (Å²) in [5.41, 5.74) is 0.556. The molecule has 2 aromatic rings. The van der Waals surface area contributed by atoms with Crippen molar-refractivity contribution in [3.8, 4) is 0 Å². The second kappa shape index (κ2) is 10.6. The lowest BCUT2D eigenvalue weighted by Crippen LogP contribution is -2.42. The van der Waals surface area contributed by atoms with E-state index in [1.54, 1.807) is 26.2 Å². The van der Waals surface area contributed by atoms with Crippen LogP contribution in [0.2, 0.25) is 4.34 Å². The van der Waals surface area contributed by atoms with E-state index in [9.17, 15) is 18.0 Å². The standard InChI is InChI=1S/C20H22ClF3N4OS/c1-26-11-13(9-12-5-3-4-6-15(12)20(22,23)24)28-19(29)17-10-14(18(21)30-17)16(27-2)7-8-25/h3-8,10,13,25-27H,9,11H2,1-2H3,(H,28,29)/b16-7-,25-8?/t13-/m0/s1. The van der Waals surface area contributed by atoms with E-state index >= 15 is 0 Å². The molecule has 1 aromatic carbocycles. The number of benzene rings is 1. The predicted octanol–water partition coefficient (Wildman–Crippen LogP) is 4.19. The second-order valence-corrected chi connectivity index (χ2v) is 8.04. The molecule has 1 atom stereocenters. The molecular formula is C20H22ClF3N4OS. The molecule has 1 amide bonds. The molecule has 0 aliphatic carbocycles. The molecular weight excluding hydrogens is 437 g/mol. The molecule has 0 bridgehead atoms. The van der Waals surface area contributed by atoms with E-state index in [0.717, 1.165) is 23.6 Å². The summed E-state index contributed by atoms with van der Waals surface area (Å²) in [7, 11) is 3.33. The normalized spacial score (nSPS) is 13.1. The Morgan fingerprint density at radius 3 is 2.60 bits per heavy atom. The molecule has 0 aliphatic heterocycles. The summed E-state index contributed by atoms with van der Waals surface area (Å²) in [5.74, 6) is -0.428. The minimum Gasteiger partial charge on any atom is -0.388 e. The topological polar surface area (TPSA) is 77.0 Å².